The molecule has 4 heteroatoms. The Morgan fingerprint density at radius 2 is 0.758 bits per heavy atom. The lowest BCUT2D eigenvalue weighted by molar-refractivity contribution is 0.590. The molecule has 0 aliphatic carbocycles. The molecule has 7 aromatic carbocycles. The largest absolute Gasteiger partial charge is 0.354 e. The summed E-state index contributed by atoms with van der Waals surface area (Å²) < 4.78 is 6.30. The zero-order chi connectivity index (χ0) is 46.7. The molecule has 0 saturated heterocycles. The lowest BCUT2D eigenvalue weighted by atomic mass is 9.82. The Labute approximate surface area is 397 Å². The number of halogens is 1. The highest BCUT2D eigenvalue weighted by Crippen LogP contribution is 2.52. The fraction of sp³-hybridized carbons (Fsp3) is 0.323. The molecule has 0 spiro atoms. The number of H-pyrrole nitrogens is 1. The van der Waals surface area contributed by atoms with Gasteiger partial charge in [0.25, 0.3) is 0 Å². The van der Waals surface area contributed by atoms with Crippen LogP contribution in [0.3, 0.4) is 0 Å². The number of nitrogens with zero attached hydrogens (tertiary/aromatic N) is 2. The van der Waals surface area contributed by atoms with Gasteiger partial charge in [-0.1, -0.05) is 132 Å². The molecule has 12 aromatic rings. The molecule has 0 atom stereocenters. The molecule has 5 heterocycles. The first-order valence-electron chi connectivity index (χ1n) is 24.0. The lowest BCUT2D eigenvalue weighted by Gasteiger charge is -2.22. The van der Waals surface area contributed by atoms with Crippen molar-refractivity contribution in [1.82, 2.24) is 13.8 Å². The van der Waals surface area contributed by atoms with Crippen LogP contribution in [0.5, 0.6) is 0 Å². The molecular formula is C62H62BrN3. The number of hydrogen-bond donors (Lipinski definition) is 1. The lowest BCUT2D eigenvalue weighted by Crippen LogP contribution is -2.11. The van der Waals surface area contributed by atoms with Gasteiger partial charge in [-0.15, -0.1) is 0 Å². The quantitative estimate of drug-likeness (QED) is 0.170. The molecule has 1 N–H and O–H groups in total. The van der Waals surface area contributed by atoms with Gasteiger partial charge in [0.2, 0.25) is 0 Å². The molecule has 3 nitrogen and oxygen atoms in total. The molecule has 12 rings (SSSR count). The van der Waals surface area contributed by atoms with Crippen LogP contribution in [-0.2, 0) is 27.1 Å². The third-order valence-corrected chi connectivity index (χ3v) is 16.0. The second kappa shape index (κ2) is 12.9. The summed E-state index contributed by atoms with van der Waals surface area (Å²) in [5, 5.41) is 13.2. The molecule has 0 amide bonds. The van der Waals surface area contributed by atoms with Crippen LogP contribution in [0.2, 0.25) is 0 Å². The van der Waals surface area contributed by atoms with Crippen molar-refractivity contribution in [2.75, 3.05) is 0 Å². The van der Waals surface area contributed by atoms with Crippen molar-refractivity contribution in [3.05, 3.63) is 129 Å². The van der Waals surface area contributed by atoms with Crippen LogP contribution in [0.15, 0.2) is 102 Å². The highest BCUT2D eigenvalue weighted by molar-refractivity contribution is 9.10. The Kier molecular flexibility index (Phi) is 8.17. The monoisotopic (exact) mass is 927 g/mol. The molecule has 332 valence electrons. The van der Waals surface area contributed by atoms with Gasteiger partial charge in [0.05, 0.1) is 38.6 Å². The van der Waals surface area contributed by atoms with Crippen molar-refractivity contribution < 1.29 is 0 Å². The van der Waals surface area contributed by atoms with Crippen LogP contribution in [0.4, 0.5) is 0 Å². The summed E-state index contributed by atoms with van der Waals surface area (Å²) in [5.74, 6) is 0. The van der Waals surface area contributed by atoms with Crippen LogP contribution in [0, 0.1) is 0 Å². The van der Waals surface area contributed by atoms with E-state index >= 15 is 0 Å². The van der Waals surface area contributed by atoms with Crippen LogP contribution in [-0.4, -0.2) is 13.8 Å². The standard InChI is InChI=1S/C62H62BrN3/c1-58(2,3)32-16-19-46-37(24-32)39-26-34(60(7,8)9)28-41(55(39)64-46)51-45(63)18-21-48-52(51)42-30-36(62(13,14)15)31-44-54-50(66(48)57(42)44)23-22-49-53(54)43-29-35(61(10,11)12)27-40-38-25-33(59(4,5)6)17-20-47(38)65(49)56(40)43/h16-31,64H,1-15H3. The molecule has 0 aliphatic rings. The van der Waals surface area contributed by atoms with Gasteiger partial charge < -0.3 is 13.8 Å². The summed E-state index contributed by atoms with van der Waals surface area (Å²) in [6.07, 6.45) is 0. The fourth-order valence-corrected chi connectivity index (χ4v) is 12.0. The number of rotatable bonds is 1. The minimum atomic E-state index is -0.0843. The second-order valence-electron chi connectivity index (χ2n) is 25.0. The van der Waals surface area contributed by atoms with E-state index in [0.29, 0.717) is 0 Å². The van der Waals surface area contributed by atoms with E-state index in [4.69, 9.17) is 0 Å². The predicted molar refractivity (Wildman–Crippen MR) is 292 cm³/mol. The first-order valence-corrected chi connectivity index (χ1v) is 24.8. The zero-order valence-electron chi connectivity index (χ0n) is 41.5. The first kappa shape index (κ1) is 41.8. The molecule has 0 unspecified atom stereocenters. The van der Waals surface area contributed by atoms with Crippen molar-refractivity contribution in [1.29, 1.82) is 0 Å². The molecule has 66 heavy (non-hydrogen) atoms. The first-order chi connectivity index (χ1) is 30.8. The summed E-state index contributed by atoms with van der Waals surface area (Å²) in [6, 6.07) is 38.7. The van der Waals surface area contributed by atoms with Gasteiger partial charge in [-0.2, -0.15) is 0 Å². The van der Waals surface area contributed by atoms with E-state index in [2.05, 4.69) is 231 Å². The molecule has 0 radical (unpaired) electrons. The van der Waals surface area contributed by atoms with Gasteiger partial charge >= 0.3 is 0 Å². The van der Waals surface area contributed by atoms with Crippen LogP contribution in [0.25, 0.3) is 109 Å². The van der Waals surface area contributed by atoms with Crippen LogP contribution in [0.1, 0.15) is 132 Å². The number of fused-ring (bicyclic) bond motifs is 16. The molecule has 5 aromatic heterocycles. The van der Waals surface area contributed by atoms with E-state index in [0.717, 1.165) is 4.47 Å². The third kappa shape index (κ3) is 5.66. The van der Waals surface area contributed by atoms with Gasteiger partial charge in [0.1, 0.15) is 0 Å². The average molecular weight is 929 g/mol. The Balaban J connectivity index is 1.26. The van der Waals surface area contributed by atoms with Crippen molar-refractivity contribution in [3.63, 3.8) is 0 Å². The van der Waals surface area contributed by atoms with E-state index in [9.17, 15) is 0 Å². The maximum atomic E-state index is 4.22. The summed E-state index contributed by atoms with van der Waals surface area (Å²) in [5.41, 5.74) is 19.2. The van der Waals surface area contributed by atoms with Crippen molar-refractivity contribution in [2.24, 2.45) is 0 Å². The van der Waals surface area contributed by atoms with E-state index in [1.165, 1.54) is 137 Å². The number of aromatic nitrogens is 3. The van der Waals surface area contributed by atoms with E-state index in [1.807, 2.05) is 0 Å². The maximum absolute atomic E-state index is 4.22. The minimum Gasteiger partial charge on any atom is -0.354 e. The third-order valence-electron chi connectivity index (χ3n) is 15.3. The van der Waals surface area contributed by atoms with Crippen molar-refractivity contribution in [2.45, 2.75) is 131 Å². The van der Waals surface area contributed by atoms with Gasteiger partial charge in [-0.05, 0) is 140 Å². The predicted octanol–water partition coefficient (Wildman–Crippen LogP) is 18.5. The Bertz CT molecular complexity index is 4050. The molecule has 0 bridgehead atoms. The van der Waals surface area contributed by atoms with E-state index in [-0.39, 0.29) is 27.1 Å². The number of nitrogens with one attached hydrogen (secondary N) is 1. The highest BCUT2D eigenvalue weighted by Gasteiger charge is 2.31. The Morgan fingerprint density at radius 3 is 1.32 bits per heavy atom. The van der Waals surface area contributed by atoms with Crippen molar-refractivity contribution in [3.8, 4) is 11.1 Å². The van der Waals surface area contributed by atoms with Gasteiger partial charge in [-0.25, -0.2) is 0 Å². The van der Waals surface area contributed by atoms with E-state index in [1.54, 1.807) is 0 Å². The van der Waals surface area contributed by atoms with Crippen molar-refractivity contribution >= 4 is 114 Å². The minimum absolute atomic E-state index is 0.0261. The maximum Gasteiger partial charge on any atom is 0.0621 e. The summed E-state index contributed by atoms with van der Waals surface area (Å²) in [6.45, 7) is 35.1. The fourth-order valence-electron chi connectivity index (χ4n) is 11.4. The number of aromatic amines is 1. The molecule has 0 saturated carbocycles. The number of benzene rings is 7. The van der Waals surface area contributed by atoms with Gasteiger partial charge in [0.15, 0.2) is 0 Å². The van der Waals surface area contributed by atoms with Crippen LogP contribution >= 0.6 is 15.9 Å². The number of hydrogen-bond acceptors (Lipinski definition) is 0. The molecular weight excluding hydrogens is 867 g/mol. The molecule has 0 fully saturated rings. The second-order valence-corrected chi connectivity index (χ2v) is 25.8. The average Bonchev–Trinajstić information content (AvgIpc) is 4.02. The van der Waals surface area contributed by atoms with Gasteiger partial charge in [0, 0.05) is 75.0 Å². The summed E-state index contributed by atoms with van der Waals surface area (Å²) in [4.78, 5) is 3.98. The van der Waals surface area contributed by atoms with Gasteiger partial charge in [-0.3, -0.25) is 0 Å². The Morgan fingerprint density at radius 1 is 0.364 bits per heavy atom. The summed E-state index contributed by atoms with van der Waals surface area (Å²) >= 11 is 4.22. The topological polar surface area (TPSA) is 24.6 Å². The molecule has 0 aliphatic heterocycles. The smallest absolute Gasteiger partial charge is 0.0621 e. The summed E-state index contributed by atoms with van der Waals surface area (Å²) in [7, 11) is 0. The highest BCUT2D eigenvalue weighted by atomic mass is 79.9. The zero-order valence-corrected chi connectivity index (χ0v) is 43.1. The van der Waals surface area contributed by atoms with Crippen LogP contribution < -0.4 is 0 Å². The Hall–Kier alpha value is -5.58. The van der Waals surface area contributed by atoms with E-state index < -0.39 is 0 Å². The SMILES string of the molecule is CC(C)(C)c1ccc2[nH]c3c(-c4c(Br)ccc5c4c4cc(C(C)(C)C)cc6c7c8c9cc(C(C)(C)C)cc%10c%11cc(C(C)(C)C)ccc%11n(c8ccc7n5c46)c%109)cc(C(C)(C)C)cc3c2c1. The normalized spacial score (nSPS) is 14.1.